The van der Waals surface area contributed by atoms with Crippen molar-refractivity contribution in [1.29, 1.82) is 0 Å². The first-order valence-corrected chi connectivity index (χ1v) is 10.6. The quantitative estimate of drug-likeness (QED) is 0.214. The molecule has 13 heteroatoms. The number of halogens is 1. The van der Waals surface area contributed by atoms with Crippen LogP contribution in [0.5, 0.6) is 5.75 Å². The van der Waals surface area contributed by atoms with Crippen molar-refractivity contribution in [1.82, 2.24) is 4.31 Å². The lowest BCUT2D eigenvalue weighted by Crippen LogP contribution is -2.36. The standard InChI is InChI=1S/C18H25FN2O9S/c1-26-5-7-28-12-21-17(23)11-20(31(21,24)25)18-15(19)9-14(3-4-22)10-16(18)30-13-29-8-6-27-2/h4,9-10H,3,5-8,11-13H2,1-2H3. The summed E-state index contributed by atoms with van der Waals surface area (Å²) in [5.74, 6) is -1.95. The molecule has 1 amide bonds. The lowest BCUT2D eigenvalue weighted by molar-refractivity contribution is -0.127. The molecule has 0 atom stereocenters. The number of methoxy groups -OCH3 is 2. The zero-order valence-corrected chi connectivity index (χ0v) is 18.1. The molecule has 0 aromatic heterocycles. The first kappa shape index (κ1) is 24.9. The first-order valence-electron chi connectivity index (χ1n) is 9.22. The molecule has 1 fully saturated rings. The van der Waals surface area contributed by atoms with Crippen LogP contribution in [0, 0.1) is 5.82 Å². The lowest BCUT2D eigenvalue weighted by Gasteiger charge is -2.23. The Balaban J connectivity index is 2.30. The van der Waals surface area contributed by atoms with E-state index in [0.29, 0.717) is 21.5 Å². The zero-order chi connectivity index (χ0) is 22.9. The molecule has 0 aliphatic carbocycles. The molecule has 1 aliphatic heterocycles. The predicted molar refractivity (Wildman–Crippen MR) is 105 cm³/mol. The van der Waals surface area contributed by atoms with E-state index in [1.54, 1.807) is 0 Å². The molecule has 0 radical (unpaired) electrons. The van der Waals surface area contributed by atoms with Crippen LogP contribution in [-0.2, 0) is 45.2 Å². The number of hydrogen-bond acceptors (Lipinski definition) is 9. The minimum Gasteiger partial charge on any atom is -0.465 e. The van der Waals surface area contributed by atoms with E-state index in [-0.39, 0.29) is 44.3 Å². The Morgan fingerprint density at radius 2 is 1.77 bits per heavy atom. The average Bonchev–Trinajstić information content (AvgIpc) is 2.93. The van der Waals surface area contributed by atoms with E-state index < -0.39 is 40.9 Å². The molecule has 1 aromatic carbocycles. The summed E-state index contributed by atoms with van der Waals surface area (Å²) in [5.41, 5.74) is -0.191. The van der Waals surface area contributed by atoms with Crippen molar-refractivity contribution >= 4 is 28.1 Å². The van der Waals surface area contributed by atoms with Gasteiger partial charge in [0.25, 0.3) is 5.91 Å². The molecule has 1 aromatic rings. The Morgan fingerprint density at radius 1 is 1.10 bits per heavy atom. The summed E-state index contributed by atoms with van der Waals surface area (Å²) in [7, 11) is -1.49. The summed E-state index contributed by atoms with van der Waals surface area (Å²) in [6.07, 6.45) is 0.464. The van der Waals surface area contributed by atoms with Gasteiger partial charge in [0.2, 0.25) is 0 Å². The van der Waals surface area contributed by atoms with Crippen LogP contribution >= 0.6 is 0 Å². The number of amides is 1. The smallest absolute Gasteiger partial charge is 0.331 e. The second-order valence-electron chi connectivity index (χ2n) is 6.25. The maximum atomic E-state index is 14.9. The van der Waals surface area contributed by atoms with Gasteiger partial charge in [0.1, 0.15) is 31.0 Å². The summed E-state index contributed by atoms with van der Waals surface area (Å²) < 4.78 is 67.2. The number of nitrogens with zero attached hydrogens (tertiary/aromatic N) is 2. The van der Waals surface area contributed by atoms with E-state index in [4.69, 9.17) is 23.7 Å². The zero-order valence-electron chi connectivity index (χ0n) is 17.2. The Labute approximate surface area is 179 Å². The number of benzene rings is 1. The van der Waals surface area contributed by atoms with Crippen LogP contribution in [-0.4, -0.2) is 85.6 Å². The Hall–Kier alpha value is -2.32. The van der Waals surface area contributed by atoms with Gasteiger partial charge in [-0.3, -0.25) is 4.79 Å². The van der Waals surface area contributed by atoms with Crippen LogP contribution in [0.15, 0.2) is 12.1 Å². The van der Waals surface area contributed by atoms with Gasteiger partial charge < -0.3 is 28.5 Å². The van der Waals surface area contributed by atoms with Crippen molar-refractivity contribution in [2.45, 2.75) is 6.42 Å². The molecular formula is C18H25FN2O9S. The highest BCUT2D eigenvalue weighted by Crippen LogP contribution is 2.37. The van der Waals surface area contributed by atoms with Gasteiger partial charge in [0.05, 0.1) is 26.4 Å². The molecule has 174 valence electrons. The molecule has 0 spiro atoms. The van der Waals surface area contributed by atoms with Gasteiger partial charge in [-0.05, 0) is 17.7 Å². The number of anilines is 1. The Morgan fingerprint density at radius 3 is 2.42 bits per heavy atom. The van der Waals surface area contributed by atoms with Crippen molar-refractivity contribution in [2.24, 2.45) is 0 Å². The molecule has 11 nitrogen and oxygen atoms in total. The topological polar surface area (TPSA) is 121 Å². The summed E-state index contributed by atoms with van der Waals surface area (Å²) in [5, 5.41) is 0. The highest BCUT2D eigenvalue weighted by Gasteiger charge is 2.45. The van der Waals surface area contributed by atoms with E-state index in [9.17, 15) is 22.4 Å². The summed E-state index contributed by atoms with van der Waals surface area (Å²) in [4.78, 5) is 23.1. The third kappa shape index (κ3) is 6.33. The van der Waals surface area contributed by atoms with Gasteiger partial charge in [0.15, 0.2) is 12.6 Å². The fourth-order valence-electron chi connectivity index (χ4n) is 2.65. The molecule has 0 N–H and O–H groups in total. The van der Waals surface area contributed by atoms with E-state index in [0.717, 1.165) is 6.07 Å². The second kappa shape index (κ2) is 11.9. The van der Waals surface area contributed by atoms with Gasteiger partial charge in [0, 0.05) is 20.6 Å². The van der Waals surface area contributed by atoms with Crippen LogP contribution in [0.3, 0.4) is 0 Å². The second-order valence-corrected chi connectivity index (χ2v) is 8.02. The highest BCUT2D eigenvalue weighted by atomic mass is 32.2. The van der Waals surface area contributed by atoms with Crippen molar-refractivity contribution in [3.8, 4) is 5.75 Å². The minimum absolute atomic E-state index is 0.0672. The van der Waals surface area contributed by atoms with Gasteiger partial charge >= 0.3 is 10.2 Å². The number of ether oxygens (including phenoxy) is 5. The Bertz CT molecular complexity index is 866. The molecule has 1 saturated heterocycles. The fraction of sp³-hybridized carbons (Fsp3) is 0.556. The molecular weight excluding hydrogens is 439 g/mol. The number of carbonyl (C=O) groups excluding carboxylic acids is 2. The number of rotatable bonds is 14. The summed E-state index contributed by atoms with van der Waals surface area (Å²) in [6.45, 7) is -0.745. The fourth-order valence-corrected chi connectivity index (χ4v) is 4.10. The summed E-state index contributed by atoms with van der Waals surface area (Å²) >= 11 is 0. The maximum Gasteiger partial charge on any atom is 0.331 e. The van der Waals surface area contributed by atoms with Gasteiger partial charge in [-0.2, -0.15) is 12.7 Å². The van der Waals surface area contributed by atoms with E-state index in [1.165, 1.54) is 20.3 Å². The predicted octanol–water partition coefficient (Wildman–Crippen LogP) is 0.0803. The third-order valence-electron chi connectivity index (χ3n) is 4.14. The maximum absolute atomic E-state index is 14.9. The number of hydrogen-bond donors (Lipinski definition) is 0. The van der Waals surface area contributed by atoms with Gasteiger partial charge in [-0.1, -0.05) is 0 Å². The number of aldehydes is 1. The van der Waals surface area contributed by atoms with Crippen molar-refractivity contribution in [2.75, 3.05) is 65.0 Å². The SMILES string of the molecule is COCCOCOc1cc(CC=O)cc(F)c1N1CC(=O)N(COCCOC)S1(=O)=O. The first-order chi connectivity index (χ1) is 14.9. The summed E-state index contributed by atoms with van der Waals surface area (Å²) in [6, 6.07) is 2.34. The van der Waals surface area contributed by atoms with Crippen LogP contribution in [0.4, 0.5) is 10.1 Å². The van der Waals surface area contributed by atoms with Crippen LogP contribution < -0.4 is 9.04 Å². The van der Waals surface area contributed by atoms with E-state index in [2.05, 4.69) is 0 Å². The third-order valence-corrected chi connectivity index (χ3v) is 5.88. The van der Waals surface area contributed by atoms with Crippen LogP contribution in [0.25, 0.3) is 0 Å². The Kier molecular flexibility index (Phi) is 9.58. The highest BCUT2D eigenvalue weighted by molar-refractivity contribution is 7.91. The van der Waals surface area contributed by atoms with Crippen molar-refractivity contribution in [3.63, 3.8) is 0 Å². The lowest BCUT2D eigenvalue weighted by atomic mass is 10.1. The average molecular weight is 464 g/mol. The van der Waals surface area contributed by atoms with E-state index in [1.807, 2.05) is 0 Å². The molecule has 0 unspecified atom stereocenters. The number of carbonyl (C=O) groups is 2. The molecule has 0 bridgehead atoms. The molecule has 0 saturated carbocycles. The molecule has 2 rings (SSSR count). The van der Waals surface area contributed by atoms with Crippen LogP contribution in [0.2, 0.25) is 0 Å². The van der Waals surface area contributed by atoms with Crippen molar-refractivity contribution in [3.05, 3.63) is 23.5 Å². The van der Waals surface area contributed by atoms with Crippen molar-refractivity contribution < 1.29 is 46.1 Å². The largest absolute Gasteiger partial charge is 0.465 e. The van der Waals surface area contributed by atoms with Crippen LogP contribution in [0.1, 0.15) is 5.56 Å². The molecule has 31 heavy (non-hydrogen) atoms. The minimum atomic E-state index is -4.43. The monoisotopic (exact) mass is 464 g/mol. The molecule has 1 heterocycles. The van der Waals surface area contributed by atoms with Gasteiger partial charge in [-0.15, -0.1) is 0 Å². The normalized spacial score (nSPS) is 15.5. The molecule has 1 aliphatic rings. The van der Waals surface area contributed by atoms with Gasteiger partial charge in [-0.25, -0.2) is 8.70 Å². The van der Waals surface area contributed by atoms with E-state index >= 15 is 0 Å².